The van der Waals surface area contributed by atoms with Crippen molar-refractivity contribution < 1.29 is 5.11 Å². The van der Waals surface area contributed by atoms with Crippen LogP contribution in [0.3, 0.4) is 0 Å². The van der Waals surface area contributed by atoms with Gasteiger partial charge in [-0.05, 0) is 48.1 Å². The van der Waals surface area contributed by atoms with Crippen LogP contribution in [-0.4, -0.2) is 5.11 Å². The van der Waals surface area contributed by atoms with Gasteiger partial charge >= 0.3 is 0 Å². The van der Waals surface area contributed by atoms with E-state index in [2.05, 4.69) is 45.0 Å². The van der Waals surface area contributed by atoms with Crippen molar-refractivity contribution in [3.8, 4) is 0 Å². The molecule has 1 saturated carbocycles. The lowest BCUT2D eigenvalue weighted by Gasteiger charge is -2.32. The highest BCUT2D eigenvalue weighted by atomic mass is 16.3. The highest BCUT2D eigenvalue weighted by Gasteiger charge is 2.27. The predicted molar refractivity (Wildman–Crippen MR) is 85.7 cm³/mol. The molecule has 0 radical (unpaired) electrons. The van der Waals surface area contributed by atoms with Gasteiger partial charge in [0.25, 0.3) is 0 Å². The number of rotatable bonds is 5. The van der Waals surface area contributed by atoms with E-state index in [0.29, 0.717) is 11.8 Å². The molecule has 1 aliphatic rings. The van der Waals surface area contributed by atoms with Crippen molar-refractivity contribution in [1.29, 1.82) is 0 Å². The standard InChI is InChI=1S/C19H30O/c1-4-15-6-5-7-18(13-15)19(20)17-10-8-16(9-11-17)12-14(2)3/h8-11,14-15,18-20H,4-7,12-13H2,1-3H3. The molecular weight excluding hydrogens is 244 g/mol. The zero-order valence-corrected chi connectivity index (χ0v) is 13.3. The van der Waals surface area contributed by atoms with E-state index in [1.807, 2.05) is 0 Å². The molecule has 112 valence electrons. The monoisotopic (exact) mass is 274 g/mol. The summed E-state index contributed by atoms with van der Waals surface area (Å²) in [6.07, 6.45) is 7.14. The lowest BCUT2D eigenvalue weighted by Crippen LogP contribution is -2.21. The molecule has 0 aromatic heterocycles. The molecule has 0 bridgehead atoms. The third kappa shape index (κ3) is 4.09. The fourth-order valence-electron chi connectivity index (χ4n) is 3.58. The maximum Gasteiger partial charge on any atom is 0.0818 e. The second kappa shape index (κ2) is 7.26. The third-order valence-electron chi connectivity index (χ3n) is 4.81. The van der Waals surface area contributed by atoms with Crippen LogP contribution in [0.5, 0.6) is 0 Å². The zero-order chi connectivity index (χ0) is 14.5. The molecule has 2 rings (SSSR count). The summed E-state index contributed by atoms with van der Waals surface area (Å²) in [6, 6.07) is 8.66. The summed E-state index contributed by atoms with van der Waals surface area (Å²) >= 11 is 0. The van der Waals surface area contributed by atoms with Crippen LogP contribution in [0.1, 0.15) is 70.1 Å². The Morgan fingerprint density at radius 3 is 2.45 bits per heavy atom. The summed E-state index contributed by atoms with van der Waals surface area (Å²) in [5, 5.41) is 10.6. The van der Waals surface area contributed by atoms with Crippen LogP contribution in [0, 0.1) is 17.8 Å². The smallest absolute Gasteiger partial charge is 0.0818 e. The number of benzene rings is 1. The van der Waals surface area contributed by atoms with Gasteiger partial charge in [-0.3, -0.25) is 0 Å². The lowest BCUT2D eigenvalue weighted by molar-refractivity contribution is 0.0678. The Labute approximate surface area is 124 Å². The van der Waals surface area contributed by atoms with Gasteiger partial charge in [0.1, 0.15) is 0 Å². The topological polar surface area (TPSA) is 20.2 Å². The molecule has 1 aromatic carbocycles. The lowest BCUT2D eigenvalue weighted by atomic mass is 9.76. The van der Waals surface area contributed by atoms with Gasteiger partial charge in [0.2, 0.25) is 0 Å². The minimum absolute atomic E-state index is 0.266. The summed E-state index contributed by atoms with van der Waals surface area (Å²) < 4.78 is 0. The maximum absolute atomic E-state index is 10.6. The summed E-state index contributed by atoms with van der Waals surface area (Å²) in [5.41, 5.74) is 2.49. The molecule has 1 heteroatoms. The van der Waals surface area contributed by atoms with E-state index in [-0.39, 0.29) is 6.10 Å². The Kier molecular flexibility index (Phi) is 5.65. The van der Waals surface area contributed by atoms with Crippen LogP contribution in [0.2, 0.25) is 0 Å². The first-order chi connectivity index (χ1) is 9.60. The molecule has 1 aliphatic carbocycles. The first kappa shape index (κ1) is 15.6. The predicted octanol–water partition coefficient (Wildman–Crippen LogP) is 5.13. The number of hydrogen-bond donors (Lipinski definition) is 1. The van der Waals surface area contributed by atoms with Crippen molar-refractivity contribution in [2.75, 3.05) is 0 Å². The molecule has 0 aliphatic heterocycles. The van der Waals surface area contributed by atoms with Crippen molar-refractivity contribution in [3.05, 3.63) is 35.4 Å². The van der Waals surface area contributed by atoms with Gasteiger partial charge in [-0.25, -0.2) is 0 Å². The van der Waals surface area contributed by atoms with Gasteiger partial charge in [0.15, 0.2) is 0 Å². The zero-order valence-electron chi connectivity index (χ0n) is 13.3. The SMILES string of the molecule is CCC1CCCC(C(O)c2ccc(CC(C)C)cc2)C1. The summed E-state index contributed by atoms with van der Waals surface area (Å²) in [5.74, 6) is 1.97. The van der Waals surface area contributed by atoms with E-state index in [0.717, 1.165) is 17.9 Å². The Hall–Kier alpha value is -0.820. The molecule has 0 spiro atoms. The van der Waals surface area contributed by atoms with Crippen LogP contribution in [-0.2, 0) is 6.42 Å². The van der Waals surface area contributed by atoms with Gasteiger partial charge in [0.05, 0.1) is 6.10 Å². The van der Waals surface area contributed by atoms with Crippen LogP contribution < -0.4 is 0 Å². The summed E-state index contributed by atoms with van der Waals surface area (Å²) in [4.78, 5) is 0. The van der Waals surface area contributed by atoms with Gasteiger partial charge in [-0.2, -0.15) is 0 Å². The number of aliphatic hydroxyl groups excluding tert-OH is 1. The largest absolute Gasteiger partial charge is 0.388 e. The van der Waals surface area contributed by atoms with Gasteiger partial charge in [-0.15, -0.1) is 0 Å². The van der Waals surface area contributed by atoms with Gasteiger partial charge in [0, 0.05) is 0 Å². The van der Waals surface area contributed by atoms with E-state index < -0.39 is 0 Å². The normalized spacial score (nSPS) is 24.9. The highest BCUT2D eigenvalue weighted by molar-refractivity contribution is 5.25. The van der Waals surface area contributed by atoms with Crippen molar-refractivity contribution in [1.82, 2.24) is 0 Å². The van der Waals surface area contributed by atoms with E-state index in [1.54, 1.807) is 0 Å². The highest BCUT2D eigenvalue weighted by Crippen LogP contribution is 2.38. The minimum Gasteiger partial charge on any atom is -0.388 e. The molecule has 1 N–H and O–H groups in total. The Balaban J connectivity index is 1.99. The Morgan fingerprint density at radius 1 is 1.15 bits per heavy atom. The van der Waals surface area contributed by atoms with Crippen molar-refractivity contribution in [2.45, 2.75) is 65.4 Å². The molecule has 0 amide bonds. The van der Waals surface area contributed by atoms with Gasteiger partial charge < -0.3 is 5.11 Å². The molecule has 20 heavy (non-hydrogen) atoms. The first-order valence-corrected chi connectivity index (χ1v) is 8.37. The molecular formula is C19H30O. The Bertz CT molecular complexity index is 393. The van der Waals surface area contributed by atoms with Crippen LogP contribution >= 0.6 is 0 Å². The average Bonchev–Trinajstić information content (AvgIpc) is 2.47. The summed E-state index contributed by atoms with van der Waals surface area (Å²) in [7, 11) is 0. The van der Waals surface area contributed by atoms with Crippen molar-refractivity contribution in [3.63, 3.8) is 0 Å². The van der Waals surface area contributed by atoms with Crippen molar-refractivity contribution in [2.24, 2.45) is 17.8 Å². The molecule has 1 fully saturated rings. The number of hydrogen-bond acceptors (Lipinski definition) is 1. The average molecular weight is 274 g/mol. The van der Waals surface area contributed by atoms with Crippen LogP contribution in [0.15, 0.2) is 24.3 Å². The van der Waals surface area contributed by atoms with E-state index in [4.69, 9.17) is 0 Å². The molecule has 3 atom stereocenters. The molecule has 0 heterocycles. The fraction of sp³-hybridized carbons (Fsp3) is 0.684. The van der Waals surface area contributed by atoms with E-state index in [9.17, 15) is 5.11 Å². The second-order valence-electron chi connectivity index (χ2n) is 6.99. The first-order valence-electron chi connectivity index (χ1n) is 8.37. The molecule has 0 saturated heterocycles. The quantitative estimate of drug-likeness (QED) is 0.788. The van der Waals surface area contributed by atoms with Crippen molar-refractivity contribution >= 4 is 0 Å². The third-order valence-corrected chi connectivity index (χ3v) is 4.81. The molecule has 1 nitrogen and oxygen atoms in total. The number of aliphatic hydroxyl groups is 1. The van der Waals surface area contributed by atoms with Crippen LogP contribution in [0.4, 0.5) is 0 Å². The molecule has 3 unspecified atom stereocenters. The van der Waals surface area contributed by atoms with Gasteiger partial charge in [-0.1, -0.05) is 64.3 Å². The molecule has 1 aromatic rings. The Morgan fingerprint density at radius 2 is 1.85 bits per heavy atom. The van der Waals surface area contributed by atoms with E-state index >= 15 is 0 Å². The minimum atomic E-state index is -0.266. The summed E-state index contributed by atoms with van der Waals surface area (Å²) in [6.45, 7) is 6.77. The van der Waals surface area contributed by atoms with Crippen LogP contribution in [0.25, 0.3) is 0 Å². The fourth-order valence-corrected chi connectivity index (χ4v) is 3.58. The van der Waals surface area contributed by atoms with E-state index in [1.165, 1.54) is 37.7 Å². The maximum atomic E-state index is 10.6. The second-order valence-corrected chi connectivity index (χ2v) is 6.99.